The van der Waals surface area contributed by atoms with Crippen LogP contribution in [0, 0.1) is 0 Å². The fraction of sp³-hybridized carbons (Fsp3) is 0.409. The van der Waals surface area contributed by atoms with Crippen molar-refractivity contribution in [3.05, 3.63) is 59.7 Å². The van der Waals surface area contributed by atoms with E-state index >= 15 is 0 Å². The van der Waals surface area contributed by atoms with E-state index in [1.54, 1.807) is 24.3 Å². The Bertz CT molecular complexity index is 907. The average molecular weight is 418 g/mol. The van der Waals surface area contributed by atoms with Gasteiger partial charge in [0, 0.05) is 25.3 Å². The van der Waals surface area contributed by atoms with Crippen LogP contribution in [0.1, 0.15) is 51.2 Å². The quantitative estimate of drug-likeness (QED) is 0.628. The van der Waals surface area contributed by atoms with E-state index in [1.807, 2.05) is 38.1 Å². The van der Waals surface area contributed by atoms with Crippen LogP contribution in [0.5, 0.6) is 0 Å². The largest absolute Gasteiger partial charge is 0.334 e. The van der Waals surface area contributed by atoms with Crippen molar-refractivity contribution < 1.29 is 13.2 Å². The van der Waals surface area contributed by atoms with Crippen LogP contribution in [0.4, 0.5) is 10.5 Å². The molecule has 2 aromatic rings. The van der Waals surface area contributed by atoms with Crippen LogP contribution in [-0.2, 0) is 16.6 Å². The predicted octanol–water partition coefficient (Wildman–Crippen LogP) is 4.55. The number of carbonyl (C=O) groups excluding carboxylic acids is 1. The van der Waals surface area contributed by atoms with Crippen LogP contribution < -0.4 is 10.6 Å². The fourth-order valence-corrected chi connectivity index (χ4v) is 4.56. The van der Waals surface area contributed by atoms with Gasteiger partial charge in [0.1, 0.15) is 0 Å². The monoisotopic (exact) mass is 417 g/mol. The third-order valence-corrected chi connectivity index (χ3v) is 7.14. The molecular formula is C22H31N3O3S. The summed E-state index contributed by atoms with van der Waals surface area (Å²) in [5.74, 6) is 0.354. The summed E-state index contributed by atoms with van der Waals surface area (Å²) >= 11 is 0. The minimum absolute atomic E-state index is 0.261. The van der Waals surface area contributed by atoms with Crippen molar-refractivity contribution in [1.82, 2.24) is 9.62 Å². The SMILES string of the molecule is CC[C@H](C)c1ccccc1NC(=O)NCc1ccc(S(=O)(=O)N(CC)CC)cc1. The number of sulfonamides is 1. The molecule has 0 unspecified atom stereocenters. The van der Waals surface area contributed by atoms with Crippen molar-refractivity contribution >= 4 is 21.7 Å². The van der Waals surface area contributed by atoms with E-state index in [9.17, 15) is 13.2 Å². The zero-order valence-electron chi connectivity index (χ0n) is 17.6. The van der Waals surface area contributed by atoms with Gasteiger partial charge in [0.25, 0.3) is 0 Å². The second-order valence-corrected chi connectivity index (χ2v) is 8.88. The van der Waals surface area contributed by atoms with Gasteiger partial charge < -0.3 is 10.6 Å². The van der Waals surface area contributed by atoms with E-state index < -0.39 is 10.0 Å². The highest BCUT2D eigenvalue weighted by Gasteiger charge is 2.21. The van der Waals surface area contributed by atoms with Crippen LogP contribution in [-0.4, -0.2) is 31.8 Å². The predicted molar refractivity (Wildman–Crippen MR) is 118 cm³/mol. The molecule has 6 nitrogen and oxygen atoms in total. The topological polar surface area (TPSA) is 78.5 Å². The number of nitrogens with zero attached hydrogens (tertiary/aromatic N) is 1. The number of nitrogens with one attached hydrogen (secondary N) is 2. The Kier molecular flexibility index (Phi) is 8.22. The third kappa shape index (κ3) is 5.81. The zero-order chi connectivity index (χ0) is 21.4. The lowest BCUT2D eigenvalue weighted by Crippen LogP contribution is -2.30. The van der Waals surface area contributed by atoms with Crippen molar-refractivity contribution in [2.75, 3.05) is 18.4 Å². The first kappa shape index (κ1) is 22.9. The Hall–Kier alpha value is -2.38. The Morgan fingerprint density at radius 1 is 1.00 bits per heavy atom. The summed E-state index contributed by atoms with van der Waals surface area (Å²) in [6.45, 7) is 9.05. The molecule has 2 rings (SSSR count). The van der Waals surface area contributed by atoms with Crippen molar-refractivity contribution in [2.24, 2.45) is 0 Å². The van der Waals surface area contributed by atoms with Gasteiger partial charge in [0.2, 0.25) is 10.0 Å². The maximum atomic E-state index is 12.5. The maximum absolute atomic E-state index is 12.5. The smallest absolute Gasteiger partial charge is 0.319 e. The normalized spacial score (nSPS) is 12.6. The molecule has 0 spiro atoms. The van der Waals surface area contributed by atoms with Crippen molar-refractivity contribution in [3.8, 4) is 0 Å². The first-order valence-corrected chi connectivity index (χ1v) is 11.5. The highest BCUT2D eigenvalue weighted by Crippen LogP contribution is 2.26. The molecule has 0 aliphatic carbocycles. The van der Waals surface area contributed by atoms with Gasteiger partial charge >= 0.3 is 6.03 Å². The first-order chi connectivity index (χ1) is 13.8. The van der Waals surface area contributed by atoms with Gasteiger partial charge in [-0.15, -0.1) is 0 Å². The van der Waals surface area contributed by atoms with Gasteiger partial charge in [-0.3, -0.25) is 0 Å². The number of urea groups is 1. The number of hydrogen-bond acceptors (Lipinski definition) is 3. The molecule has 29 heavy (non-hydrogen) atoms. The number of carbonyl (C=O) groups is 1. The fourth-order valence-electron chi connectivity index (χ4n) is 3.10. The highest BCUT2D eigenvalue weighted by atomic mass is 32.2. The summed E-state index contributed by atoms with van der Waals surface area (Å²) in [4.78, 5) is 12.6. The average Bonchev–Trinajstić information content (AvgIpc) is 2.73. The molecule has 0 radical (unpaired) electrons. The summed E-state index contributed by atoms with van der Waals surface area (Å²) in [6, 6.07) is 14.1. The van der Waals surface area contributed by atoms with Gasteiger partial charge in [-0.25, -0.2) is 13.2 Å². The molecule has 7 heteroatoms. The number of para-hydroxylation sites is 1. The minimum atomic E-state index is -3.47. The summed E-state index contributed by atoms with van der Waals surface area (Å²) in [6.07, 6.45) is 0.989. The third-order valence-electron chi connectivity index (χ3n) is 5.07. The van der Waals surface area contributed by atoms with E-state index in [0.717, 1.165) is 23.2 Å². The summed E-state index contributed by atoms with van der Waals surface area (Å²) in [5.41, 5.74) is 2.74. The molecule has 158 valence electrons. The molecule has 2 amide bonds. The molecule has 2 N–H and O–H groups in total. The standard InChI is InChI=1S/C22H31N3O3S/c1-5-17(4)20-10-8-9-11-21(20)24-22(26)23-16-18-12-14-19(15-13-18)29(27,28)25(6-2)7-3/h8-15,17H,5-7,16H2,1-4H3,(H2,23,24,26)/t17-/m0/s1. The lowest BCUT2D eigenvalue weighted by Gasteiger charge is -2.18. The second kappa shape index (κ2) is 10.4. The lowest BCUT2D eigenvalue weighted by molar-refractivity contribution is 0.251. The van der Waals surface area contributed by atoms with Gasteiger partial charge in [-0.05, 0) is 41.7 Å². The van der Waals surface area contributed by atoms with Crippen LogP contribution in [0.3, 0.4) is 0 Å². The molecule has 0 saturated carbocycles. The van der Waals surface area contributed by atoms with Crippen molar-refractivity contribution in [2.45, 2.75) is 51.5 Å². The number of benzene rings is 2. The van der Waals surface area contributed by atoms with E-state index in [0.29, 0.717) is 25.6 Å². The second-order valence-electron chi connectivity index (χ2n) is 6.94. The molecule has 0 aliphatic heterocycles. The molecule has 0 aromatic heterocycles. The Morgan fingerprint density at radius 3 is 2.21 bits per heavy atom. The van der Waals surface area contributed by atoms with Crippen LogP contribution >= 0.6 is 0 Å². The molecule has 0 heterocycles. The summed E-state index contributed by atoms with van der Waals surface area (Å²) in [7, 11) is -3.47. The lowest BCUT2D eigenvalue weighted by atomic mass is 9.97. The van der Waals surface area contributed by atoms with Crippen molar-refractivity contribution in [3.63, 3.8) is 0 Å². The molecule has 0 saturated heterocycles. The zero-order valence-corrected chi connectivity index (χ0v) is 18.4. The number of rotatable bonds is 9. The van der Waals surface area contributed by atoms with E-state index in [4.69, 9.17) is 0 Å². The maximum Gasteiger partial charge on any atom is 0.319 e. The number of hydrogen-bond donors (Lipinski definition) is 2. The minimum Gasteiger partial charge on any atom is -0.334 e. The van der Waals surface area contributed by atoms with Crippen LogP contribution in [0.2, 0.25) is 0 Å². The Labute approximate surface area is 174 Å². The van der Waals surface area contributed by atoms with Gasteiger partial charge in [0.15, 0.2) is 0 Å². The van der Waals surface area contributed by atoms with Crippen LogP contribution in [0.25, 0.3) is 0 Å². The van der Waals surface area contributed by atoms with E-state index in [2.05, 4.69) is 24.5 Å². The van der Waals surface area contributed by atoms with Gasteiger partial charge in [-0.2, -0.15) is 4.31 Å². The van der Waals surface area contributed by atoms with Gasteiger partial charge in [0.05, 0.1) is 4.90 Å². The van der Waals surface area contributed by atoms with Crippen molar-refractivity contribution in [1.29, 1.82) is 0 Å². The van der Waals surface area contributed by atoms with E-state index in [1.165, 1.54) is 4.31 Å². The summed E-state index contributed by atoms with van der Waals surface area (Å²) < 4.78 is 26.5. The molecule has 0 fully saturated rings. The molecule has 1 atom stereocenters. The number of amides is 2. The van der Waals surface area contributed by atoms with Gasteiger partial charge in [-0.1, -0.05) is 58.0 Å². The Morgan fingerprint density at radius 2 is 1.62 bits per heavy atom. The first-order valence-electron chi connectivity index (χ1n) is 10.1. The van der Waals surface area contributed by atoms with E-state index in [-0.39, 0.29) is 10.9 Å². The number of anilines is 1. The molecule has 0 aliphatic rings. The Balaban J connectivity index is 2.00. The van der Waals surface area contributed by atoms with Crippen LogP contribution in [0.15, 0.2) is 53.4 Å². The molecule has 2 aromatic carbocycles. The molecular weight excluding hydrogens is 386 g/mol. The molecule has 0 bridgehead atoms. The highest BCUT2D eigenvalue weighted by molar-refractivity contribution is 7.89. The summed E-state index contributed by atoms with van der Waals surface area (Å²) in [5, 5.41) is 5.73.